The molecule has 3 aromatic carbocycles. The van der Waals surface area contributed by atoms with Crippen molar-refractivity contribution in [1.82, 2.24) is 4.57 Å². The van der Waals surface area contributed by atoms with E-state index in [2.05, 4.69) is 4.72 Å². The van der Waals surface area contributed by atoms with Crippen LogP contribution >= 0.6 is 0 Å². The van der Waals surface area contributed by atoms with Crippen molar-refractivity contribution in [3.8, 4) is 22.6 Å². The summed E-state index contributed by atoms with van der Waals surface area (Å²) in [6, 6.07) is 21.7. The van der Waals surface area contributed by atoms with Gasteiger partial charge in [-0.05, 0) is 52.9 Å². The van der Waals surface area contributed by atoms with E-state index in [1.54, 1.807) is 18.3 Å². The molecule has 0 spiro atoms. The number of hydrogen-bond donors (Lipinski definition) is 2. The third kappa shape index (κ3) is 3.86. The number of nitrogens with one attached hydrogen (secondary N) is 1. The SMILES string of the molecule is CS(=O)(=O)Nc1cc(-n2ccc3cc(-c4ccccc4)ccc3c2=O)ccc1O. The average Bonchev–Trinajstić information content (AvgIpc) is 2.69. The van der Waals surface area contributed by atoms with Crippen LogP contribution in [0.5, 0.6) is 5.75 Å². The standard InChI is InChI=1S/C22H18N2O4S/c1-29(27,28)23-20-14-18(8-10-21(20)25)24-12-11-17-13-16(7-9-19(17)22(24)26)15-5-3-2-4-6-15/h2-14,23,25H,1H3. The largest absolute Gasteiger partial charge is 0.506 e. The zero-order valence-electron chi connectivity index (χ0n) is 15.5. The Kier molecular flexibility index (Phi) is 4.60. The molecule has 29 heavy (non-hydrogen) atoms. The van der Waals surface area contributed by atoms with Crippen LogP contribution in [0.3, 0.4) is 0 Å². The normalized spacial score (nSPS) is 11.5. The maximum Gasteiger partial charge on any atom is 0.262 e. The van der Waals surface area contributed by atoms with Crippen LogP contribution in [0.25, 0.3) is 27.6 Å². The maximum absolute atomic E-state index is 13.0. The summed E-state index contributed by atoms with van der Waals surface area (Å²) >= 11 is 0. The van der Waals surface area contributed by atoms with Crippen molar-refractivity contribution in [2.24, 2.45) is 0 Å². The molecule has 0 bridgehead atoms. The van der Waals surface area contributed by atoms with E-state index in [4.69, 9.17) is 0 Å². The second-order valence-electron chi connectivity index (χ2n) is 6.73. The minimum absolute atomic E-state index is 0.0106. The van der Waals surface area contributed by atoms with E-state index in [0.717, 1.165) is 22.8 Å². The number of anilines is 1. The summed E-state index contributed by atoms with van der Waals surface area (Å²) in [5.74, 6) is -0.222. The molecule has 0 fully saturated rings. The van der Waals surface area contributed by atoms with Crippen molar-refractivity contribution < 1.29 is 13.5 Å². The van der Waals surface area contributed by atoms with Gasteiger partial charge in [0.05, 0.1) is 17.6 Å². The molecule has 0 radical (unpaired) electrons. The van der Waals surface area contributed by atoms with Crippen LogP contribution in [0, 0.1) is 0 Å². The van der Waals surface area contributed by atoms with E-state index < -0.39 is 10.0 Å². The number of rotatable bonds is 4. The number of benzene rings is 3. The lowest BCUT2D eigenvalue weighted by Gasteiger charge is -2.12. The van der Waals surface area contributed by atoms with Crippen molar-refractivity contribution in [2.45, 2.75) is 0 Å². The first-order chi connectivity index (χ1) is 13.8. The van der Waals surface area contributed by atoms with Gasteiger partial charge in [0.2, 0.25) is 10.0 Å². The van der Waals surface area contributed by atoms with E-state index in [-0.39, 0.29) is 17.0 Å². The predicted octanol–water partition coefficient (Wildman–Crippen LogP) is 3.73. The number of aromatic hydroxyl groups is 1. The third-order valence-electron chi connectivity index (χ3n) is 4.56. The van der Waals surface area contributed by atoms with E-state index in [1.165, 1.54) is 16.7 Å². The van der Waals surface area contributed by atoms with Gasteiger partial charge in [0.25, 0.3) is 5.56 Å². The van der Waals surface area contributed by atoms with Crippen molar-refractivity contribution in [3.05, 3.63) is 89.3 Å². The maximum atomic E-state index is 13.0. The zero-order valence-corrected chi connectivity index (χ0v) is 16.3. The summed E-state index contributed by atoms with van der Waals surface area (Å²) in [6.45, 7) is 0. The first kappa shape index (κ1) is 18.8. The molecule has 4 aromatic rings. The fourth-order valence-corrected chi connectivity index (χ4v) is 3.78. The van der Waals surface area contributed by atoms with E-state index in [0.29, 0.717) is 11.1 Å². The second-order valence-corrected chi connectivity index (χ2v) is 8.48. The minimum atomic E-state index is -3.57. The van der Waals surface area contributed by atoms with Gasteiger partial charge in [-0.25, -0.2) is 8.42 Å². The Morgan fingerprint density at radius 1 is 0.897 bits per heavy atom. The number of hydrogen-bond acceptors (Lipinski definition) is 4. The Morgan fingerprint density at radius 2 is 1.66 bits per heavy atom. The van der Waals surface area contributed by atoms with Gasteiger partial charge in [-0.1, -0.05) is 36.4 Å². The molecular weight excluding hydrogens is 388 g/mol. The van der Waals surface area contributed by atoms with Gasteiger partial charge in [-0.3, -0.25) is 14.1 Å². The van der Waals surface area contributed by atoms with Crippen LogP contribution in [0.2, 0.25) is 0 Å². The topological polar surface area (TPSA) is 88.4 Å². The molecule has 0 unspecified atom stereocenters. The van der Waals surface area contributed by atoms with Crippen LogP contribution in [-0.2, 0) is 10.0 Å². The van der Waals surface area contributed by atoms with Gasteiger partial charge < -0.3 is 5.11 Å². The van der Waals surface area contributed by atoms with Crippen LogP contribution < -0.4 is 10.3 Å². The van der Waals surface area contributed by atoms with Crippen molar-refractivity contribution in [3.63, 3.8) is 0 Å². The lowest BCUT2D eigenvalue weighted by atomic mass is 10.0. The van der Waals surface area contributed by atoms with Gasteiger partial charge >= 0.3 is 0 Å². The predicted molar refractivity (Wildman–Crippen MR) is 115 cm³/mol. The molecule has 0 saturated heterocycles. The van der Waals surface area contributed by atoms with Gasteiger partial charge in [0.1, 0.15) is 5.75 Å². The highest BCUT2D eigenvalue weighted by molar-refractivity contribution is 7.92. The molecule has 0 amide bonds. The van der Waals surface area contributed by atoms with Crippen LogP contribution in [0.1, 0.15) is 0 Å². The highest BCUT2D eigenvalue weighted by Crippen LogP contribution is 2.27. The van der Waals surface area contributed by atoms with Gasteiger partial charge in [-0.15, -0.1) is 0 Å². The molecule has 0 saturated carbocycles. The molecule has 2 N–H and O–H groups in total. The summed E-state index contributed by atoms with van der Waals surface area (Å²) in [5, 5.41) is 11.3. The molecule has 0 aliphatic rings. The van der Waals surface area contributed by atoms with E-state index in [1.807, 2.05) is 48.5 Å². The van der Waals surface area contributed by atoms with Crippen molar-refractivity contribution >= 4 is 26.5 Å². The Bertz CT molecular complexity index is 1380. The summed E-state index contributed by atoms with van der Waals surface area (Å²) < 4.78 is 26.7. The van der Waals surface area contributed by atoms with Gasteiger partial charge in [-0.2, -0.15) is 0 Å². The summed E-state index contributed by atoms with van der Waals surface area (Å²) in [4.78, 5) is 13.0. The summed E-state index contributed by atoms with van der Waals surface area (Å²) in [7, 11) is -3.57. The van der Waals surface area contributed by atoms with Crippen LogP contribution in [-0.4, -0.2) is 24.3 Å². The van der Waals surface area contributed by atoms with Gasteiger partial charge in [0, 0.05) is 11.6 Å². The van der Waals surface area contributed by atoms with Crippen molar-refractivity contribution in [1.29, 1.82) is 0 Å². The molecule has 146 valence electrons. The van der Waals surface area contributed by atoms with E-state index in [9.17, 15) is 18.3 Å². The lowest BCUT2D eigenvalue weighted by Crippen LogP contribution is -2.18. The monoisotopic (exact) mass is 406 g/mol. The number of phenolic OH excluding ortho intramolecular Hbond substituents is 1. The summed E-state index contributed by atoms with van der Waals surface area (Å²) in [5.41, 5.74) is 2.29. The fourth-order valence-electron chi connectivity index (χ4n) is 3.22. The molecule has 0 aliphatic carbocycles. The average molecular weight is 406 g/mol. The van der Waals surface area contributed by atoms with Crippen molar-refractivity contribution in [2.75, 3.05) is 11.0 Å². The zero-order chi connectivity index (χ0) is 20.6. The quantitative estimate of drug-likeness (QED) is 0.506. The minimum Gasteiger partial charge on any atom is -0.506 e. The van der Waals surface area contributed by atoms with Gasteiger partial charge in [0.15, 0.2) is 0 Å². The number of pyridine rings is 1. The number of nitrogens with zero attached hydrogens (tertiary/aromatic N) is 1. The second kappa shape index (κ2) is 7.10. The molecule has 7 heteroatoms. The Balaban J connectivity index is 1.81. The molecule has 1 aromatic heterocycles. The van der Waals surface area contributed by atoms with Crippen LogP contribution in [0.4, 0.5) is 5.69 Å². The highest BCUT2D eigenvalue weighted by Gasteiger charge is 2.11. The number of phenols is 1. The molecule has 1 heterocycles. The number of fused-ring (bicyclic) bond motifs is 1. The molecule has 4 rings (SSSR count). The number of aromatic nitrogens is 1. The molecular formula is C22H18N2O4S. The molecule has 0 atom stereocenters. The first-order valence-electron chi connectivity index (χ1n) is 8.84. The number of sulfonamides is 1. The molecule has 6 nitrogen and oxygen atoms in total. The molecule has 0 aliphatic heterocycles. The first-order valence-corrected chi connectivity index (χ1v) is 10.7. The summed E-state index contributed by atoms with van der Waals surface area (Å²) in [6.07, 6.45) is 2.63. The third-order valence-corrected chi connectivity index (χ3v) is 5.16. The van der Waals surface area contributed by atoms with E-state index >= 15 is 0 Å². The highest BCUT2D eigenvalue weighted by atomic mass is 32.2. The Morgan fingerprint density at radius 3 is 2.38 bits per heavy atom. The fraction of sp³-hybridized carbons (Fsp3) is 0.0455. The lowest BCUT2D eigenvalue weighted by molar-refractivity contribution is 0.477. The van der Waals surface area contributed by atoms with Crippen LogP contribution in [0.15, 0.2) is 83.8 Å². The smallest absolute Gasteiger partial charge is 0.262 e. The Labute approximate surface area is 167 Å². The Hall–Kier alpha value is -3.58.